The third-order valence-corrected chi connectivity index (χ3v) is 4.17. The van der Waals surface area contributed by atoms with E-state index >= 15 is 0 Å². The highest BCUT2D eigenvalue weighted by atomic mass is 16.5. The van der Waals surface area contributed by atoms with Crippen molar-refractivity contribution < 1.29 is 14.3 Å². The second-order valence-corrected chi connectivity index (χ2v) is 6.28. The predicted octanol–water partition coefficient (Wildman–Crippen LogP) is 5.36. The summed E-state index contributed by atoms with van der Waals surface area (Å²) in [4.78, 5) is 23.9. The summed E-state index contributed by atoms with van der Waals surface area (Å²) in [6.07, 6.45) is 7.33. The zero-order valence-electron chi connectivity index (χ0n) is 15.1. The van der Waals surface area contributed by atoms with Crippen LogP contribution < -0.4 is 4.74 Å². The van der Waals surface area contributed by atoms with E-state index in [0.29, 0.717) is 16.9 Å². The Labute approximate surface area is 150 Å². The fourth-order valence-corrected chi connectivity index (χ4v) is 2.81. The van der Waals surface area contributed by atoms with E-state index in [1.54, 1.807) is 24.3 Å². The van der Waals surface area contributed by atoms with Crippen LogP contribution >= 0.6 is 0 Å². The van der Waals surface area contributed by atoms with Crippen LogP contribution in [0.15, 0.2) is 48.5 Å². The van der Waals surface area contributed by atoms with Gasteiger partial charge in [0.1, 0.15) is 5.75 Å². The molecule has 0 aliphatic rings. The first kappa shape index (κ1) is 18.9. The molecule has 3 heteroatoms. The van der Waals surface area contributed by atoms with E-state index in [0.717, 1.165) is 6.42 Å². The van der Waals surface area contributed by atoms with E-state index in [-0.39, 0.29) is 5.78 Å². The van der Waals surface area contributed by atoms with Gasteiger partial charge >= 0.3 is 5.97 Å². The van der Waals surface area contributed by atoms with Crippen LogP contribution in [0.25, 0.3) is 0 Å². The van der Waals surface area contributed by atoms with Crippen molar-refractivity contribution >= 4 is 11.8 Å². The summed E-state index contributed by atoms with van der Waals surface area (Å²) in [6, 6.07) is 14.6. The number of carbonyl (C=O) groups is 2. The molecule has 0 atom stereocenters. The van der Waals surface area contributed by atoms with Gasteiger partial charge in [0.05, 0.1) is 5.56 Å². The molecule has 0 aromatic heterocycles. The molecule has 0 bridgehead atoms. The molecule has 0 saturated carbocycles. The summed E-state index contributed by atoms with van der Waals surface area (Å²) >= 11 is 0. The van der Waals surface area contributed by atoms with Crippen LogP contribution in [0, 0.1) is 0 Å². The Morgan fingerprint density at radius 1 is 0.880 bits per heavy atom. The summed E-state index contributed by atoms with van der Waals surface area (Å²) < 4.78 is 5.14. The van der Waals surface area contributed by atoms with Crippen LogP contribution in [0.5, 0.6) is 5.75 Å². The van der Waals surface area contributed by atoms with Gasteiger partial charge in [0.2, 0.25) is 0 Å². The Kier molecular flexibility index (Phi) is 7.39. The standard InChI is InChI=1S/C22H26O3/c1-3-4-5-6-7-10-18-13-15-19(16-14-18)22(24)20-11-8-9-12-21(20)25-17(2)23/h8-9,11-16H,3-7,10H2,1-2H3. The van der Waals surface area contributed by atoms with E-state index in [9.17, 15) is 9.59 Å². The molecule has 3 nitrogen and oxygen atoms in total. The quantitative estimate of drug-likeness (QED) is 0.268. The lowest BCUT2D eigenvalue weighted by Crippen LogP contribution is -2.08. The molecule has 0 fully saturated rings. The Morgan fingerprint density at radius 3 is 2.24 bits per heavy atom. The van der Waals surface area contributed by atoms with Gasteiger partial charge in [-0.25, -0.2) is 0 Å². The number of hydrogen-bond acceptors (Lipinski definition) is 3. The molecule has 132 valence electrons. The fraction of sp³-hybridized carbons (Fsp3) is 0.364. The largest absolute Gasteiger partial charge is 0.426 e. The van der Waals surface area contributed by atoms with Gasteiger partial charge in [-0.1, -0.05) is 69.0 Å². The number of ether oxygens (including phenoxy) is 1. The van der Waals surface area contributed by atoms with Crippen LogP contribution in [0.1, 0.15) is 67.4 Å². The van der Waals surface area contributed by atoms with Crippen molar-refractivity contribution in [3.05, 3.63) is 65.2 Å². The summed E-state index contributed by atoms with van der Waals surface area (Å²) in [5.41, 5.74) is 2.26. The molecule has 0 aliphatic heterocycles. The normalized spacial score (nSPS) is 10.5. The Morgan fingerprint density at radius 2 is 1.56 bits per heavy atom. The highest BCUT2D eigenvalue weighted by Gasteiger charge is 2.15. The molecule has 0 amide bonds. The van der Waals surface area contributed by atoms with Crippen molar-refractivity contribution in [3.8, 4) is 5.75 Å². The Hall–Kier alpha value is -2.42. The third-order valence-electron chi connectivity index (χ3n) is 4.17. The number of hydrogen-bond donors (Lipinski definition) is 0. The topological polar surface area (TPSA) is 43.4 Å². The number of ketones is 1. The summed E-state index contributed by atoms with van der Waals surface area (Å²) in [5, 5.41) is 0. The molecule has 0 unspecified atom stereocenters. The lowest BCUT2D eigenvalue weighted by Gasteiger charge is -2.08. The van der Waals surface area contributed by atoms with E-state index < -0.39 is 5.97 Å². The maximum atomic E-state index is 12.7. The van der Waals surface area contributed by atoms with Gasteiger partial charge in [-0.3, -0.25) is 9.59 Å². The van der Waals surface area contributed by atoms with Crippen molar-refractivity contribution in [2.75, 3.05) is 0 Å². The predicted molar refractivity (Wildman–Crippen MR) is 100 cm³/mol. The van der Waals surface area contributed by atoms with Gasteiger partial charge in [0, 0.05) is 12.5 Å². The number of unbranched alkanes of at least 4 members (excludes halogenated alkanes) is 4. The summed E-state index contributed by atoms with van der Waals surface area (Å²) in [6.45, 7) is 3.55. The first-order chi connectivity index (χ1) is 12.1. The SMILES string of the molecule is CCCCCCCc1ccc(C(=O)c2ccccc2OC(C)=O)cc1. The molecule has 2 rings (SSSR count). The second kappa shape index (κ2) is 9.77. The van der Waals surface area contributed by atoms with Crippen LogP contribution in [-0.4, -0.2) is 11.8 Å². The first-order valence-electron chi connectivity index (χ1n) is 9.03. The maximum Gasteiger partial charge on any atom is 0.308 e. The summed E-state index contributed by atoms with van der Waals surface area (Å²) in [5.74, 6) is -0.259. The molecule has 25 heavy (non-hydrogen) atoms. The molecule has 0 spiro atoms. The second-order valence-electron chi connectivity index (χ2n) is 6.28. The Balaban J connectivity index is 2.02. The lowest BCUT2D eigenvalue weighted by molar-refractivity contribution is -0.131. The van der Waals surface area contributed by atoms with Crippen LogP contribution in [0.3, 0.4) is 0 Å². The van der Waals surface area contributed by atoms with Crippen molar-refractivity contribution in [2.24, 2.45) is 0 Å². The zero-order chi connectivity index (χ0) is 18.1. The first-order valence-corrected chi connectivity index (χ1v) is 9.03. The average molecular weight is 338 g/mol. The molecule has 2 aromatic carbocycles. The van der Waals surface area contributed by atoms with Gasteiger partial charge < -0.3 is 4.74 Å². The van der Waals surface area contributed by atoms with Crippen LogP contribution in [-0.2, 0) is 11.2 Å². The average Bonchev–Trinajstić information content (AvgIpc) is 2.61. The molecule has 0 saturated heterocycles. The molecule has 0 radical (unpaired) electrons. The molecular weight excluding hydrogens is 312 g/mol. The maximum absolute atomic E-state index is 12.7. The van der Waals surface area contributed by atoms with E-state index in [2.05, 4.69) is 6.92 Å². The number of para-hydroxylation sites is 1. The highest BCUT2D eigenvalue weighted by Crippen LogP contribution is 2.22. The van der Waals surface area contributed by atoms with E-state index in [1.165, 1.54) is 44.6 Å². The monoisotopic (exact) mass is 338 g/mol. The minimum Gasteiger partial charge on any atom is -0.426 e. The van der Waals surface area contributed by atoms with E-state index in [1.807, 2.05) is 24.3 Å². The number of aryl methyl sites for hydroxylation is 1. The molecule has 0 N–H and O–H groups in total. The van der Waals surface area contributed by atoms with Gasteiger partial charge in [-0.05, 0) is 30.5 Å². The number of rotatable bonds is 9. The van der Waals surface area contributed by atoms with Crippen molar-refractivity contribution in [3.63, 3.8) is 0 Å². The minimum absolute atomic E-state index is 0.133. The fourth-order valence-electron chi connectivity index (χ4n) is 2.81. The van der Waals surface area contributed by atoms with Gasteiger partial charge in [0.15, 0.2) is 5.78 Å². The lowest BCUT2D eigenvalue weighted by atomic mass is 9.99. The molecule has 0 aliphatic carbocycles. The van der Waals surface area contributed by atoms with Gasteiger partial charge in [-0.2, -0.15) is 0 Å². The highest BCUT2D eigenvalue weighted by molar-refractivity contribution is 6.11. The molecule has 0 heterocycles. The molecule has 2 aromatic rings. The number of carbonyl (C=O) groups excluding carboxylic acids is 2. The Bertz CT molecular complexity index is 701. The van der Waals surface area contributed by atoms with Crippen molar-refractivity contribution in [1.82, 2.24) is 0 Å². The van der Waals surface area contributed by atoms with Crippen molar-refractivity contribution in [1.29, 1.82) is 0 Å². The van der Waals surface area contributed by atoms with Crippen molar-refractivity contribution in [2.45, 2.75) is 52.4 Å². The van der Waals surface area contributed by atoms with Crippen LogP contribution in [0.4, 0.5) is 0 Å². The zero-order valence-corrected chi connectivity index (χ0v) is 15.1. The summed E-state index contributed by atoms with van der Waals surface area (Å²) in [7, 11) is 0. The number of esters is 1. The van der Waals surface area contributed by atoms with Crippen LogP contribution in [0.2, 0.25) is 0 Å². The number of benzene rings is 2. The van der Waals surface area contributed by atoms with Gasteiger partial charge in [0.25, 0.3) is 0 Å². The van der Waals surface area contributed by atoms with Gasteiger partial charge in [-0.15, -0.1) is 0 Å². The third kappa shape index (κ3) is 5.86. The minimum atomic E-state index is -0.432. The molecular formula is C22H26O3. The smallest absolute Gasteiger partial charge is 0.308 e. The van der Waals surface area contributed by atoms with E-state index in [4.69, 9.17) is 4.74 Å².